The average Bonchev–Trinajstić information content (AvgIpc) is 2.61. The summed E-state index contributed by atoms with van der Waals surface area (Å²) in [6, 6.07) is 8.05. The first-order valence-electron chi connectivity index (χ1n) is 3.85. The van der Waals surface area contributed by atoms with E-state index < -0.39 is 0 Å². The molecule has 0 saturated heterocycles. The summed E-state index contributed by atoms with van der Waals surface area (Å²) in [7, 11) is 0. The zero-order chi connectivity index (χ0) is 9.10. The molecule has 2 rings (SSSR count). The van der Waals surface area contributed by atoms with Crippen molar-refractivity contribution in [2.45, 2.75) is 6.61 Å². The second kappa shape index (κ2) is 3.58. The maximum Gasteiger partial charge on any atom is 0.417 e. The Morgan fingerprint density at radius 1 is 1.38 bits per heavy atom. The number of hydrogen-bond acceptors (Lipinski definition) is 3. The summed E-state index contributed by atoms with van der Waals surface area (Å²) in [5.41, 5.74) is 0.995. The minimum atomic E-state index is 0.301. The molecule has 0 aliphatic rings. The summed E-state index contributed by atoms with van der Waals surface area (Å²) < 4.78 is 5.79. The summed E-state index contributed by atoms with van der Waals surface area (Å²) in [5.74, 6) is 0. The lowest BCUT2D eigenvalue weighted by Gasteiger charge is -1.97. The van der Waals surface area contributed by atoms with Crippen LogP contribution in [-0.2, 0) is 16.1 Å². The lowest BCUT2D eigenvalue weighted by atomic mass is 10.2. The molecule has 0 spiro atoms. The highest BCUT2D eigenvalue weighted by atomic mass is 32.1. The maximum atomic E-state index is 9.85. The van der Waals surface area contributed by atoms with Crippen molar-refractivity contribution in [2.24, 2.45) is 0 Å². The third kappa shape index (κ3) is 1.70. The Balaban J connectivity index is 2.31. The van der Waals surface area contributed by atoms with Gasteiger partial charge < -0.3 is 4.74 Å². The minimum Gasteiger partial charge on any atom is -0.452 e. The van der Waals surface area contributed by atoms with Gasteiger partial charge >= 0.3 is 6.47 Å². The third-order valence-electron chi connectivity index (χ3n) is 1.81. The molecule has 13 heavy (non-hydrogen) atoms. The highest BCUT2D eigenvalue weighted by Gasteiger charge is 1.97. The average molecular weight is 191 g/mol. The van der Waals surface area contributed by atoms with Crippen LogP contribution in [0.15, 0.2) is 29.6 Å². The van der Waals surface area contributed by atoms with Crippen molar-refractivity contribution in [1.82, 2.24) is 0 Å². The molecule has 1 aromatic heterocycles. The van der Waals surface area contributed by atoms with Crippen LogP contribution in [0.3, 0.4) is 0 Å². The normalized spacial score (nSPS) is 10.2. The van der Waals surface area contributed by atoms with E-state index in [2.05, 4.69) is 4.74 Å². The summed E-state index contributed by atoms with van der Waals surface area (Å²) >= 11 is 1.70. The van der Waals surface area contributed by atoms with Gasteiger partial charge in [-0.1, -0.05) is 6.07 Å². The van der Waals surface area contributed by atoms with Crippen molar-refractivity contribution in [3.8, 4) is 0 Å². The maximum absolute atomic E-state index is 9.85. The Bertz CT molecular complexity index is 420. The Morgan fingerprint density at radius 2 is 2.31 bits per heavy atom. The molecule has 0 fully saturated rings. The van der Waals surface area contributed by atoms with Crippen LogP contribution >= 0.6 is 11.3 Å². The molecule has 1 aromatic carbocycles. The number of benzene rings is 1. The molecule has 0 aliphatic heterocycles. The number of carbonyl (C=O) groups excluding carboxylic acids is 1. The van der Waals surface area contributed by atoms with Gasteiger partial charge in [-0.2, -0.15) is 0 Å². The Morgan fingerprint density at radius 3 is 3.15 bits per heavy atom. The van der Waals surface area contributed by atoms with Crippen molar-refractivity contribution < 1.29 is 9.53 Å². The van der Waals surface area contributed by atoms with Crippen LogP contribution in [0, 0.1) is 0 Å². The molecule has 0 amide bonds. The fourth-order valence-electron chi connectivity index (χ4n) is 1.22. The summed E-state index contributed by atoms with van der Waals surface area (Å²) in [6.07, 6.45) is 0. The van der Waals surface area contributed by atoms with Crippen molar-refractivity contribution >= 4 is 27.9 Å². The largest absolute Gasteiger partial charge is 0.452 e. The molecule has 2 nitrogen and oxygen atoms in total. The van der Waals surface area contributed by atoms with E-state index in [0.29, 0.717) is 6.61 Å². The molecule has 0 saturated carbocycles. The number of hydrogen-bond donors (Lipinski definition) is 0. The molecule has 0 atom stereocenters. The smallest absolute Gasteiger partial charge is 0.417 e. The van der Waals surface area contributed by atoms with Crippen LogP contribution in [0.5, 0.6) is 0 Å². The lowest BCUT2D eigenvalue weighted by Crippen LogP contribution is -1.88. The van der Waals surface area contributed by atoms with Crippen LogP contribution < -0.4 is 0 Å². The Hall–Kier alpha value is -1.35. The fraction of sp³-hybridized carbons (Fsp3) is 0.100. The van der Waals surface area contributed by atoms with Gasteiger partial charge in [-0.15, -0.1) is 11.3 Å². The summed E-state index contributed by atoms with van der Waals surface area (Å²) in [4.78, 5) is 9.85. The molecule has 0 unspecified atom stereocenters. The van der Waals surface area contributed by atoms with Crippen molar-refractivity contribution in [2.75, 3.05) is 0 Å². The van der Waals surface area contributed by atoms with Crippen LogP contribution in [0.4, 0.5) is 0 Å². The number of fused-ring (bicyclic) bond motifs is 1. The number of thiophene rings is 1. The second-order valence-corrected chi connectivity index (χ2v) is 3.61. The minimum absolute atomic E-state index is 0.301. The SMILES string of the molecule is O=[C]OCc1ccc2sccc2c1. The molecule has 2 aromatic rings. The summed E-state index contributed by atoms with van der Waals surface area (Å²) in [6.45, 7) is 1.71. The van der Waals surface area contributed by atoms with Gasteiger partial charge in [0.2, 0.25) is 0 Å². The predicted octanol–water partition coefficient (Wildman–Crippen LogP) is 2.49. The van der Waals surface area contributed by atoms with E-state index in [1.807, 2.05) is 29.6 Å². The predicted molar refractivity (Wildman–Crippen MR) is 52.3 cm³/mol. The van der Waals surface area contributed by atoms with Gasteiger partial charge in [0.05, 0.1) is 0 Å². The standard InChI is InChI=1S/C10H7O2S/c11-7-12-6-8-1-2-10-9(5-8)3-4-13-10/h1-5H,6H2. The van der Waals surface area contributed by atoms with Gasteiger partial charge in [-0.05, 0) is 34.5 Å². The van der Waals surface area contributed by atoms with E-state index >= 15 is 0 Å². The molecule has 0 N–H and O–H groups in total. The van der Waals surface area contributed by atoms with Crippen LogP contribution in [0.1, 0.15) is 5.56 Å². The van der Waals surface area contributed by atoms with Crippen LogP contribution in [0.2, 0.25) is 0 Å². The molecular weight excluding hydrogens is 184 g/mol. The van der Waals surface area contributed by atoms with E-state index in [9.17, 15) is 4.79 Å². The van der Waals surface area contributed by atoms with E-state index in [0.717, 1.165) is 5.56 Å². The van der Waals surface area contributed by atoms with Gasteiger partial charge in [-0.25, -0.2) is 4.79 Å². The lowest BCUT2D eigenvalue weighted by molar-refractivity contribution is 0.267. The summed E-state index contributed by atoms with van der Waals surface area (Å²) in [5, 5.41) is 3.23. The van der Waals surface area contributed by atoms with E-state index in [-0.39, 0.29) is 0 Å². The zero-order valence-electron chi connectivity index (χ0n) is 6.82. The number of rotatable bonds is 3. The molecule has 65 valence electrons. The fourth-order valence-corrected chi connectivity index (χ4v) is 1.99. The van der Waals surface area contributed by atoms with E-state index in [1.165, 1.54) is 16.6 Å². The van der Waals surface area contributed by atoms with E-state index in [1.54, 1.807) is 11.3 Å². The monoisotopic (exact) mass is 191 g/mol. The molecule has 3 heteroatoms. The highest BCUT2D eigenvalue weighted by molar-refractivity contribution is 7.17. The van der Waals surface area contributed by atoms with Gasteiger partial charge in [0.1, 0.15) is 6.61 Å². The van der Waals surface area contributed by atoms with Gasteiger partial charge in [-0.3, -0.25) is 0 Å². The molecule has 0 aliphatic carbocycles. The second-order valence-electron chi connectivity index (χ2n) is 2.66. The van der Waals surface area contributed by atoms with Gasteiger partial charge in [0.25, 0.3) is 0 Å². The van der Waals surface area contributed by atoms with Crippen molar-refractivity contribution in [3.05, 3.63) is 35.2 Å². The highest BCUT2D eigenvalue weighted by Crippen LogP contribution is 2.21. The Labute approximate surface area is 79.8 Å². The topological polar surface area (TPSA) is 26.3 Å². The first kappa shape index (κ1) is 8.26. The molecular formula is C10H7O2S. The molecule has 1 radical (unpaired) electrons. The van der Waals surface area contributed by atoms with Crippen molar-refractivity contribution in [1.29, 1.82) is 0 Å². The first-order chi connectivity index (χ1) is 6.40. The van der Waals surface area contributed by atoms with Gasteiger partial charge in [0.15, 0.2) is 0 Å². The Kier molecular flexibility index (Phi) is 2.27. The third-order valence-corrected chi connectivity index (χ3v) is 2.71. The molecule has 1 heterocycles. The first-order valence-corrected chi connectivity index (χ1v) is 4.73. The van der Waals surface area contributed by atoms with Crippen LogP contribution in [0.25, 0.3) is 10.1 Å². The quantitative estimate of drug-likeness (QED) is 0.745. The number of ether oxygens (including phenoxy) is 1. The van der Waals surface area contributed by atoms with E-state index in [4.69, 9.17) is 0 Å². The van der Waals surface area contributed by atoms with Crippen LogP contribution in [-0.4, -0.2) is 6.47 Å². The van der Waals surface area contributed by atoms with Crippen molar-refractivity contribution in [3.63, 3.8) is 0 Å². The van der Waals surface area contributed by atoms with Gasteiger partial charge in [0, 0.05) is 4.70 Å². The molecule has 0 bridgehead atoms. The zero-order valence-corrected chi connectivity index (χ0v) is 7.64.